The average Bonchev–Trinajstić information content (AvgIpc) is 3.27. The molecule has 1 amide bonds. The third kappa shape index (κ3) is 4.62. The number of nitrogens with zero attached hydrogens (tertiary/aromatic N) is 1. The van der Waals surface area contributed by atoms with Crippen molar-refractivity contribution < 1.29 is 4.79 Å². The maximum absolute atomic E-state index is 12.6. The molecule has 2 aromatic carbocycles. The van der Waals surface area contributed by atoms with Crippen LogP contribution < -0.4 is 15.5 Å². The van der Waals surface area contributed by atoms with Gasteiger partial charge >= 0.3 is 0 Å². The van der Waals surface area contributed by atoms with Crippen molar-refractivity contribution in [2.75, 3.05) is 37.6 Å². The van der Waals surface area contributed by atoms with Gasteiger partial charge in [-0.05, 0) is 86.5 Å². The van der Waals surface area contributed by atoms with Crippen LogP contribution in [-0.4, -0.2) is 43.6 Å². The molecule has 31 heavy (non-hydrogen) atoms. The zero-order valence-electron chi connectivity index (χ0n) is 18.1. The first kappa shape index (κ1) is 20.1. The van der Waals surface area contributed by atoms with Gasteiger partial charge in [-0.15, -0.1) is 0 Å². The van der Waals surface area contributed by atoms with Crippen LogP contribution in [-0.2, 0) is 0 Å². The predicted molar refractivity (Wildman–Crippen MR) is 128 cm³/mol. The summed E-state index contributed by atoms with van der Waals surface area (Å²) in [5, 5.41) is 7.55. The highest BCUT2D eigenvalue weighted by Crippen LogP contribution is 2.28. The Labute approximate surface area is 184 Å². The Morgan fingerprint density at radius 3 is 2.45 bits per heavy atom. The van der Waals surface area contributed by atoms with E-state index >= 15 is 0 Å². The molecule has 1 aromatic heterocycles. The molecule has 0 bridgehead atoms. The van der Waals surface area contributed by atoms with Crippen molar-refractivity contribution in [3.05, 3.63) is 54.2 Å². The van der Waals surface area contributed by atoms with Crippen LogP contribution in [0.2, 0.25) is 0 Å². The number of hydrogen-bond donors (Lipinski definition) is 3. The average molecular weight is 417 g/mol. The molecule has 162 valence electrons. The molecule has 5 heteroatoms. The summed E-state index contributed by atoms with van der Waals surface area (Å²) >= 11 is 0. The number of rotatable bonds is 5. The van der Waals surface area contributed by atoms with Gasteiger partial charge in [-0.25, -0.2) is 0 Å². The molecule has 0 aliphatic carbocycles. The van der Waals surface area contributed by atoms with E-state index in [1.807, 2.05) is 6.07 Å². The van der Waals surface area contributed by atoms with Gasteiger partial charge in [0, 0.05) is 36.2 Å². The minimum Gasteiger partial charge on any atom is -0.372 e. The molecule has 5 nitrogen and oxygen atoms in total. The van der Waals surface area contributed by atoms with E-state index in [4.69, 9.17) is 0 Å². The number of aromatic nitrogens is 1. The molecule has 0 unspecified atom stereocenters. The Morgan fingerprint density at radius 2 is 1.68 bits per heavy atom. The monoisotopic (exact) mass is 416 g/mol. The molecule has 2 saturated heterocycles. The summed E-state index contributed by atoms with van der Waals surface area (Å²) < 4.78 is 0. The van der Waals surface area contributed by atoms with Crippen LogP contribution in [0.25, 0.3) is 22.0 Å². The third-order valence-corrected chi connectivity index (χ3v) is 6.80. The fourth-order valence-corrected chi connectivity index (χ4v) is 4.86. The van der Waals surface area contributed by atoms with Crippen LogP contribution in [0, 0.1) is 5.92 Å². The van der Waals surface area contributed by atoms with Crippen molar-refractivity contribution >= 4 is 22.5 Å². The van der Waals surface area contributed by atoms with Crippen molar-refractivity contribution in [1.82, 2.24) is 15.6 Å². The highest BCUT2D eigenvalue weighted by molar-refractivity contribution is 5.98. The highest BCUT2D eigenvalue weighted by Gasteiger charge is 2.16. The van der Waals surface area contributed by atoms with Crippen molar-refractivity contribution in [3.63, 3.8) is 0 Å². The van der Waals surface area contributed by atoms with Crippen molar-refractivity contribution in [3.8, 4) is 11.1 Å². The number of carbonyl (C=O) groups excluding carboxylic acids is 1. The standard InChI is InChI=1S/C26H32N4O/c31-26(28-18-19-10-12-27-13-11-19)25-17-22-5-4-21(16-24(22)29-25)20-6-8-23(9-7-20)30-14-2-1-3-15-30/h4-9,16-17,19,27,29H,1-3,10-15,18H2,(H,28,31). The van der Waals surface area contributed by atoms with Gasteiger partial charge in [0.05, 0.1) is 0 Å². The molecular weight excluding hydrogens is 384 g/mol. The summed E-state index contributed by atoms with van der Waals surface area (Å²) in [7, 11) is 0. The molecule has 5 rings (SSSR count). The fraction of sp³-hybridized carbons (Fsp3) is 0.423. The summed E-state index contributed by atoms with van der Waals surface area (Å²) in [5.74, 6) is 0.566. The first-order chi connectivity index (χ1) is 15.3. The molecule has 3 heterocycles. The van der Waals surface area contributed by atoms with Crippen LogP contribution in [0.5, 0.6) is 0 Å². The lowest BCUT2D eigenvalue weighted by Gasteiger charge is -2.28. The van der Waals surface area contributed by atoms with E-state index in [-0.39, 0.29) is 5.91 Å². The Morgan fingerprint density at radius 1 is 0.935 bits per heavy atom. The van der Waals surface area contributed by atoms with E-state index in [0.29, 0.717) is 11.6 Å². The van der Waals surface area contributed by atoms with Gasteiger partial charge < -0.3 is 20.5 Å². The quantitative estimate of drug-likeness (QED) is 0.572. The number of aromatic amines is 1. The van der Waals surface area contributed by atoms with Gasteiger partial charge in [-0.1, -0.05) is 24.3 Å². The predicted octanol–water partition coefficient (Wildman–Crippen LogP) is 4.55. The van der Waals surface area contributed by atoms with Gasteiger partial charge in [-0.3, -0.25) is 4.79 Å². The number of nitrogens with one attached hydrogen (secondary N) is 3. The zero-order valence-corrected chi connectivity index (χ0v) is 18.1. The molecule has 3 N–H and O–H groups in total. The summed E-state index contributed by atoms with van der Waals surface area (Å²) in [6, 6.07) is 17.2. The summed E-state index contributed by atoms with van der Waals surface area (Å²) in [6.07, 6.45) is 6.20. The Balaban J connectivity index is 1.28. The number of hydrogen-bond acceptors (Lipinski definition) is 3. The largest absolute Gasteiger partial charge is 0.372 e. The Kier molecular flexibility index (Phi) is 5.94. The van der Waals surface area contributed by atoms with Crippen LogP contribution >= 0.6 is 0 Å². The van der Waals surface area contributed by atoms with Crippen molar-refractivity contribution in [2.45, 2.75) is 32.1 Å². The number of H-pyrrole nitrogens is 1. The van der Waals surface area contributed by atoms with E-state index in [2.05, 4.69) is 63.0 Å². The second-order valence-electron chi connectivity index (χ2n) is 8.98. The van der Waals surface area contributed by atoms with Crippen LogP contribution in [0.3, 0.4) is 0 Å². The Bertz CT molecular complexity index is 1030. The van der Waals surface area contributed by atoms with Gasteiger partial charge in [0.1, 0.15) is 5.69 Å². The molecule has 2 aliphatic rings. The molecule has 2 fully saturated rings. The van der Waals surface area contributed by atoms with Crippen LogP contribution in [0.15, 0.2) is 48.5 Å². The minimum atomic E-state index is -0.0119. The Hall–Kier alpha value is -2.79. The molecular formula is C26H32N4O. The first-order valence-electron chi connectivity index (χ1n) is 11.7. The molecule has 0 radical (unpaired) electrons. The van der Waals surface area contributed by atoms with Crippen molar-refractivity contribution in [1.29, 1.82) is 0 Å². The number of benzene rings is 2. The van der Waals surface area contributed by atoms with Gasteiger partial charge in [-0.2, -0.15) is 0 Å². The summed E-state index contributed by atoms with van der Waals surface area (Å²) in [5.41, 5.74) is 5.33. The molecule has 0 spiro atoms. The zero-order chi connectivity index (χ0) is 21.0. The summed E-state index contributed by atoms with van der Waals surface area (Å²) in [4.78, 5) is 18.4. The third-order valence-electron chi connectivity index (χ3n) is 6.80. The molecule has 3 aromatic rings. The normalized spacial score (nSPS) is 17.7. The smallest absolute Gasteiger partial charge is 0.267 e. The maximum atomic E-state index is 12.6. The molecule has 0 saturated carbocycles. The fourth-order valence-electron chi connectivity index (χ4n) is 4.86. The molecule has 0 atom stereocenters. The number of fused-ring (bicyclic) bond motifs is 1. The first-order valence-corrected chi connectivity index (χ1v) is 11.7. The van der Waals surface area contributed by atoms with Crippen LogP contribution in [0.4, 0.5) is 5.69 Å². The van der Waals surface area contributed by atoms with E-state index in [1.54, 1.807) is 0 Å². The SMILES string of the molecule is O=C(NCC1CCNCC1)c1cc2ccc(-c3ccc(N4CCCCC4)cc3)cc2[nH]1. The van der Waals surface area contributed by atoms with Gasteiger partial charge in [0.15, 0.2) is 0 Å². The van der Waals surface area contributed by atoms with E-state index < -0.39 is 0 Å². The number of piperidine rings is 2. The van der Waals surface area contributed by atoms with E-state index in [1.165, 1.54) is 36.1 Å². The second-order valence-corrected chi connectivity index (χ2v) is 8.98. The lowest BCUT2D eigenvalue weighted by Crippen LogP contribution is -2.36. The summed E-state index contributed by atoms with van der Waals surface area (Å²) in [6.45, 7) is 5.18. The number of amides is 1. The highest BCUT2D eigenvalue weighted by atomic mass is 16.1. The van der Waals surface area contributed by atoms with Gasteiger partial charge in [0.2, 0.25) is 0 Å². The second kappa shape index (κ2) is 9.15. The lowest BCUT2D eigenvalue weighted by atomic mass is 9.98. The minimum absolute atomic E-state index is 0.0119. The van der Waals surface area contributed by atoms with Crippen LogP contribution in [0.1, 0.15) is 42.6 Å². The van der Waals surface area contributed by atoms with Gasteiger partial charge in [0.25, 0.3) is 5.91 Å². The maximum Gasteiger partial charge on any atom is 0.267 e. The van der Waals surface area contributed by atoms with Crippen molar-refractivity contribution in [2.24, 2.45) is 5.92 Å². The topological polar surface area (TPSA) is 60.2 Å². The van der Waals surface area contributed by atoms with E-state index in [9.17, 15) is 4.79 Å². The number of anilines is 1. The molecule has 2 aliphatic heterocycles. The van der Waals surface area contributed by atoms with E-state index in [0.717, 1.165) is 56.5 Å². The lowest BCUT2D eigenvalue weighted by molar-refractivity contribution is 0.0940. The number of carbonyl (C=O) groups is 1.